The van der Waals surface area contributed by atoms with Gasteiger partial charge in [0.05, 0.1) is 0 Å². The molecule has 0 aromatic heterocycles. The molecule has 0 amide bonds. The maximum absolute atomic E-state index is 13.7. The molecule has 0 N–H and O–H groups in total. The topological polar surface area (TPSA) is 26.3 Å². The normalized spacial score (nSPS) is 10.4. The second-order valence-corrected chi connectivity index (χ2v) is 5.07. The number of carbonyl (C=O) groups is 1. The van der Waals surface area contributed by atoms with Gasteiger partial charge < -0.3 is 4.74 Å². The van der Waals surface area contributed by atoms with Gasteiger partial charge in [-0.2, -0.15) is 0 Å². The molecule has 0 unspecified atom stereocenters. The Morgan fingerprint density at radius 1 is 1.20 bits per heavy atom. The molecule has 0 radical (unpaired) electrons. The van der Waals surface area contributed by atoms with E-state index in [2.05, 4.69) is 0 Å². The molecule has 2 rings (SSSR count). The third-order valence-corrected chi connectivity index (χ3v) is 3.32. The summed E-state index contributed by atoms with van der Waals surface area (Å²) in [5, 5.41) is 0.981. The lowest BCUT2D eigenvalue weighted by molar-refractivity contribution is 0.101. The quantitative estimate of drug-likeness (QED) is 0.749. The van der Waals surface area contributed by atoms with Crippen LogP contribution in [0.2, 0.25) is 10.0 Å². The zero-order chi connectivity index (χ0) is 14.7. The van der Waals surface area contributed by atoms with Gasteiger partial charge in [0, 0.05) is 21.2 Å². The van der Waals surface area contributed by atoms with Gasteiger partial charge in [-0.15, -0.1) is 0 Å². The Morgan fingerprint density at radius 3 is 2.55 bits per heavy atom. The van der Waals surface area contributed by atoms with Gasteiger partial charge in [0.15, 0.2) is 17.3 Å². The highest BCUT2D eigenvalue weighted by Crippen LogP contribution is 2.24. The van der Waals surface area contributed by atoms with Gasteiger partial charge in [-0.3, -0.25) is 4.79 Å². The van der Waals surface area contributed by atoms with Crippen LogP contribution in [0, 0.1) is 5.82 Å². The van der Waals surface area contributed by atoms with Crippen LogP contribution in [-0.4, -0.2) is 5.78 Å². The van der Waals surface area contributed by atoms with E-state index >= 15 is 0 Å². The lowest BCUT2D eigenvalue weighted by Crippen LogP contribution is -2.00. The average molecular weight is 313 g/mol. The Morgan fingerprint density at radius 2 is 1.95 bits per heavy atom. The van der Waals surface area contributed by atoms with Crippen LogP contribution >= 0.6 is 23.2 Å². The van der Waals surface area contributed by atoms with E-state index in [4.69, 9.17) is 27.9 Å². The Labute approximate surface area is 126 Å². The minimum atomic E-state index is -0.581. The molecule has 0 bridgehead atoms. The van der Waals surface area contributed by atoms with E-state index in [1.54, 1.807) is 18.2 Å². The third-order valence-electron chi connectivity index (χ3n) is 2.74. The van der Waals surface area contributed by atoms with E-state index in [0.29, 0.717) is 21.2 Å². The number of benzene rings is 2. The summed E-state index contributed by atoms with van der Waals surface area (Å²) >= 11 is 11.8. The standard InChI is InChI=1S/C15H11Cl2FO2/c1-9(19)10-3-5-15(14(18)6-10)20-8-11-2-4-12(16)7-13(11)17/h2-7H,8H2,1H3. The third kappa shape index (κ3) is 3.50. The van der Waals surface area contributed by atoms with Crippen molar-refractivity contribution in [1.29, 1.82) is 0 Å². The second kappa shape index (κ2) is 6.25. The van der Waals surface area contributed by atoms with E-state index in [-0.39, 0.29) is 18.1 Å². The molecule has 2 aromatic carbocycles. The molecule has 0 heterocycles. The molecule has 5 heteroatoms. The maximum atomic E-state index is 13.7. The lowest BCUT2D eigenvalue weighted by atomic mass is 10.1. The average Bonchev–Trinajstić information content (AvgIpc) is 2.38. The summed E-state index contributed by atoms with van der Waals surface area (Å²) in [6, 6.07) is 9.09. The smallest absolute Gasteiger partial charge is 0.165 e. The number of Topliss-reactive ketones (excluding diaryl/α,β-unsaturated/α-hetero) is 1. The highest BCUT2D eigenvalue weighted by molar-refractivity contribution is 6.35. The van der Waals surface area contributed by atoms with Crippen molar-refractivity contribution >= 4 is 29.0 Å². The summed E-state index contributed by atoms with van der Waals surface area (Å²) in [5.41, 5.74) is 1.01. The minimum absolute atomic E-state index is 0.0704. The molecule has 2 aromatic rings. The fourth-order valence-corrected chi connectivity index (χ4v) is 2.09. The molecule has 104 valence electrons. The van der Waals surface area contributed by atoms with Crippen LogP contribution in [0.15, 0.2) is 36.4 Å². The predicted octanol–water partition coefficient (Wildman–Crippen LogP) is 4.91. The van der Waals surface area contributed by atoms with Crippen LogP contribution in [0.4, 0.5) is 4.39 Å². The molecule has 2 nitrogen and oxygen atoms in total. The summed E-state index contributed by atoms with van der Waals surface area (Å²) < 4.78 is 19.1. The van der Waals surface area contributed by atoms with Gasteiger partial charge in [0.25, 0.3) is 0 Å². The van der Waals surface area contributed by atoms with Crippen LogP contribution in [0.1, 0.15) is 22.8 Å². The molecule has 20 heavy (non-hydrogen) atoms. The first-order chi connectivity index (χ1) is 9.47. The number of ketones is 1. The van der Waals surface area contributed by atoms with Crippen molar-refractivity contribution in [2.45, 2.75) is 13.5 Å². The van der Waals surface area contributed by atoms with Gasteiger partial charge in [-0.1, -0.05) is 29.3 Å². The van der Waals surface area contributed by atoms with Crippen molar-refractivity contribution in [2.24, 2.45) is 0 Å². The molecular weight excluding hydrogens is 302 g/mol. The highest BCUT2D eigenvalue weighted by Gasteiger charge is 2.09. The van der Waals surface area contributed by atoms with Crippen LogP contribution in [0.5, 0.6) is 5.75 Å². The maximum Gasteiger partial charge on any atom is 0.165 e. The molecule has 0 aliphatic rings. The first-order valence-corrected chi connectivity index (χ1v) is 6.60. The number of ether oxygens (including phenoxy) is 1. The van der Waals surface area contributed by atoms with E-state index in [1.807, 2.05) is 0 Å². The Bertz CT molecular complexity index is 656. The summed E-state index contributed by atoms with van der Waals surface area (Å²) in [5.74, 6) is -0.708. The summed E-state index contributed by atoms with van der Waals surface area (Å²) in [4.78, 5) is 11.1. The van der Waals surface area contributed by atoms with Crippen molar-refractivity contribution in [3.8, 4) is 5.75 Å². The molecule has 0 aliphatic carbocycles. The van der Waals surface area contributed by atoms with Crippen LogP contribution in [-0.2, 0) is 6.61 Å². The van der Waals surface area contributed by atoms with Gasteiger partial charge in [-0.05, 0) is 37.3 Å². The van der Waals surface area contributed by atoms with Crippen LogP contribution in [0.25, 0.3) is 0 Å². The lowest BCUT2D eigenvalue weighted by Gasteiger charge is -2.09. The largest absolute Gasteiger partial charge is 0.486 e. The van der Waals surface area contributed by atoms with Crippen LogP contribution in [0.3, 0.4) is 0 Å². The summed E-state index contributed by atoms with van der Waals surface area (Å²) in [6.45, 7) is 1.50. The fourth-order valence-electron chi connectivity index (χ4n) is 1.63. The number of rotatable bonds is 4. The summed E-state index contributed by atoms with van der Waals surface area (Å²) in [6.07, 6.45) is 0. The zero-order valence-electron chi connectivity index (χ0n) is 10.6. The van der Waals surface area contributed by atoms with E-state index < -0.39 is 5.82 Å². The fraction of sp³-hybridized carbons (Fsp3) is 0.133. The van der Waals surface area contributed by atoms with Gasteiger partial charge in [0.2, 0.25) is 0 Å². The number of halogens is 3. The zero-order valence-corrected chi connectivity index (χ0v) is 12.1. The first kappa shape index (κ1) is 14.8. The Balaban J connectivity index is 2.13. The SMILES string of the molecule is CC(=O)c1ccc(OCc2ccc(Cl)cc2Cl)c(F)c1. The predicted molar refractivity (Wildman–Crippen MR) is 77.2 cm³/mol. The molecule has 0 atom stereocenters. The first-order valence-electron chi connectivity index (χ1n) is 5.84. The molecule has 0 aliphatic heterocycles. The number of carbonyl (C=O) groups excluding carboxylic acids is 1. The van der Waals surface area contributed by atoms with Gasteiger partial charge >= 0.3 is 0 Å². The monoisotopic (exact) mass is 312 g/mol. The van der Waals surface area contributed by atoms with Crippen molar-refractivity contribution < 1.29 is 13.9 Å². The second-order valence-electron chi connectivity index (χ2n) is 4.23. The van der Waals surface area contributed by atoms with Crippen molar-refractivity contribution in [1.82, 2.24) is 0 Å². The van der Waals surface area contributed by atoms with E-state index in [1.165, 1.54) is 19.1 Å². The van der Waals surface area contributed by atoms with Gasteiger partial charge in [0.1, 0.15) is 6.61 Å². The molecule has 0 spiro atoms. The van der Waals surface area contributed by atoms with Crippen molar-refractivity contribution in [3.63, 3.8) is 0 Å². The Kier molecular flexibility index (Phi) is 4.63. The molecule has 0 saturated heterocycles. The Hall–Kier alpha value is -1.58. The number of hydrogen-bond acceptors (Lipinski definition) is 2. The summed E-state index contributed by atoms with van der Waals surface area (Å²) in [7, 11) is 0. The van der Waals surface area contributed by atoms with Crippen molar-refractivity contribution in [3.05, 3.63) is 63.4 Å². The van der Waals surface area contributed by atoms with Crippen LogP contribution < -0.4 is 4.74 Å². The van der Waals surface area contributed by atoms with Crippen molar-refractivity contribution in [2.75, 3.05) is 0 Å². The number of hydrogen-bond donors (Lipinski definition) is 0. The van der Waals surface area contributed by atoms with E-state index in [0.717, 1.165) is 6.07 Å². The van der Waals surface area contributed by atoms with Gasteiger partial charge in [-0.25, -0.2) is 4.39 Å². The minimum Gasteiger partial charge on any atom is -0.486 e. The molecular formula is C15H11Cl2FO2. The molecule has 0 saturated carbocycles. The molecule has 0 fully saturated rings. The van der Waals surface area contributed by atoms with E-state index in [9.17, 15) is 9.18 Å². The highest BCUT2D eigenvalue weighted by atomic mass is 35.5.